The molecule has 4 fully saturated rings. The second-order valence-electron chi connectivity index (χ2n) is 10.1. The predicted octanol–water partition coefficient (Wildman–Crippen LogP) is 0.956. The van der Waals surface area contributed by atoms with E-state index in [1.54, 1.807) is 12.1 Å². The van der Waals surface area contributed by atoms with E-state index in [-0.39, 0.29) is 34.8 Å². The van der Waals surface area contributed by atoms with Gasteiger partial charge in [0.05, 0.1) is 29.4 Å². The second kappa shape index (κ2) is 6.71. The van der Waals surface area contributed by atoms with E-state index < -0.39 is 5.60 Å². The van der Waals surface area contributed by atoms with Crippen LogP contribution in [0.1, 0.15) is 32.1 Å². The number of piperidine rings is 1. The number of benzene rings is 1. The lowest BCUT2D eigenvalue weighted by atomic mass is 9.39. The number of fused-ring (bicyclic) bond motifs is 1. The number of rotatable bonds is 4. The lowest BCUT2D eigenvalue weighted by Gasteiger charge is -2.68. The Labute approximate surface area is 188 Å². The predicted molar refractivity (Wildman–Crippen MR) is 117 cm³/mol. The lowest BCUT2D eigenvalue weighted by Crippen LogP contribution is -2.76. The van der Waals surface area contributed by atoms with Gasteiger partial charge in [-0.15, -0.1) is 0 Å². The van der Waals surface area contributed by atoms with Crippen LogP contribution in [0, 0.1) is 11.2 Å². The molecule has 2 aromatic heterocycles. The minimum Gasteiger partial charge on any atom is -0.388 e. The standard InChI is InChI=1S/C23H25FN6O3/c24-15-1-3-16(4-2-15)30-18-17(9-27-30)19(31)29(14-26-18)13-23(33)5-7-28(8-6-23)20(32)21-10-22(25,11-21)12-21/h1-4,9,14,33H,5-8,10-13,25H2. The maximum absolute atomic E-state index is 13.2. The van der Waals surface area contributed by atoms with E-state index in [1.807, 2.05) is 4.90 Å². The Bertz CT molecular complexity index is 1300. The first-order valence-corrected chi connectivity index (χ1v) is 11.2. The molecular formula is C23H25FN6O3. The van der Waals surface area contributed by atoms with Crippen LogP contribution in [0.2, 0.25) is 0 Å². The number of aliphatic hydroxyl groups is 1. The molecule has 2 bridgehead atoms. The molecule has 9 nitrogen and oxygen atoms in total. The first kappa shape index (κ1) is 20.5. The molecule has 0 spiro atoms. The van der Waals surface area contributed by atoms with Crippen molar-refractivity contribution in [2.75, 3.05) is 13.1 Å². The van der Waals surface area contributed by atoms with Crippen LogP contribution in [-0.4, -0.2) is 59.5 Å². The zero-order valence-corrected chi connectivity index (χ0v) is 18.1. The number of halogens is 1. The van der Waals surface area contributed by atoms with Crippen molar-refractivity contribution in [1.82, 2.24) is 24.2 Å². The minimum absolute atomic E-state index is 0.0928. The van der Waals surface area contributed by atoms with E-state index >= 15 is 0 Å². The highest BCUT2D eigenvalue weighted by Crippen LogP contribution is 2.66. The topological polar surface area (TPSA) is 119 Å². The number of nitrogens with two attached hydrogens (primary N) is 1. The summed E-state index contributed by atoms with van der Waals surface area (Å²) in [5.41, 5.74) is 5.27. The molecule has 3 heterocycles. The molecule has 3 aliphatic carbocycles. The number of likely N-dealkylation sites (tertiary alicyclic amines) is 1. The second-order valence-corrected chi connectivity index (χ2v) is 10.1. The third kappa shape index (κ3) is 3.12. The highest BCUT2D eigenvalue weighted by Gasteiger charge is 2.70. The van der Waals surface area contributed by atoms with Crippen molar-refractivity contribution in [1.29, 1.82) is 0 Å². The highest BCUT2D eigenvalue weighted by molar-refractivity contribution is 5.87. The smallest absolute Gasteiger partial charge is 0.264 e. The number of amides is 1. The van der Waals surface area contributed by atoms with Crippen molar-refractivity contribution in [3.63, 3.8) is 0 Å². The molecule has 7 rings (SSSR count). The van der Waals surface area contributed by atoms with Gasteiger partial charge in [0, 0.05) is 18.6 Å². The fourth-order valence-corrected chi connectivity index (χ4v) is 5.86. The average molecular weight is 452 g/mol. The Morgan fingerprint density at radius 1 is 1.15 bits per heavy atom. The molecule has 10 heteroatoms. The van der Waals surface area contributed by atoms with Crippen molar-refractivity contribution in [2.45, 2.75) is 49.8 Å². The summed E-state index contributed by atoms with van der Waals surface area (Å²) in [6.07, 6.45) is 5.93. The quantitative estimate of drug-likeness (QED) is 0.609. The largest absolute Gasteiger partial charge is 0.388 e. The van der Waals surface area contributed by atoms with Crippen molar-refractivity contribution in [3.8, 4) is 5.69 Å². The van der Waals surface area contributed by atoms with E-state index in [9.17, 15) is 19.1 Å². The van der Waals surface area contributed by atoms with Gasteiger partial charge in [0.25, 0.3) is 5.56 Å². The van der Waals surface area contributed by atoms with Crippen molar-refractivity contribution in [3.05, 3.63) is 53.0 Å². The molecule has 1 saturated heterocycles. The number of nitrogens with zero attached hydrogens (tertiary/aromatic N) is 5. The number of carbonyl (C=O) groups excluding carboxylic acids is 1. The molecule has 1 amide bonds. The number of carbonyl (C=O) groups is 1. The van der Waals surface area contributed by atoms with Gasteiger partial charge in [-0.3, -0.25) is 14.2 Å². The van der Waals surface area contributed by atoms with Crippen molar-refractivity contribution in [2.24, 2.45) is 11.1 Å². The van der Waals surface area contributed by atoms with E-state index in [0.717, 1.165) is 19.3 Å². The van der Waals surface area contributed by atoms with Crippen LogP contribution >= 0.6 is 0 Å². The summed E-state index contributed by atoms with van der Waals surface area (Å²) in [5, 5.41) is 15.7. The summed E-state index contributed by atoms with van der Waals surface area (Å²) in [5.74, 6) is -0.204. The van der Waals surface area contributed by atoms with Crippen LogP contribution in [0.3, 0.4) is 0 Å². The SMILES string of the molecule is NC12CC(C(=O)N3CCC(O)(Cn4cnc5c(cnn5-c5ccc(F)cc5)c4=O)CC3)(C1)C2. The van der Waals surface area contributed by atoms with Gasteiger partial charge in [-0.05, 0) is 56.4 Å². The maximum Gasteiger partial charge on any atom is 0.264 e. The molecule has 3 aromatic rings. The van der Waals surface area contributed by atoms with Crippen LogP contribution in [0.25, 0.3) is 16.7 Å². The van der Waals surface area contributed by atoms with Gasteiger partial charge in [-0.1, -0.05) is 0 Å². The molecule has 1 aliphatic heterocycles. The summed E-state index contributed by atoms with van der Waals surface area (Å²) < 4.78 is 16.1. The van der Waals surface area contributed by atoms with Crippen LogP contribution in [0.4, 0.5) is 4.39 Å². The minimum atomic E-state index is -1.10. The van der Waals surface area contributed by atoms with Gasteiger partial charge in [-0.2, -0.15) is 5.10 Å². The lowest BCUT2D eigenvalue weighted by molar-refractivity contribution is -0.187. The fraction of sp³-hybridized carbons (Fsp3) is 0.478. The molecule has 3 N–H and O–H groups in total. The van der Waals surface area contributed by atoms with Crippen LogP contribution in [0.15, 0.2) is 41.6 Å². The molecule has 33 heavy (non-hydrogen) atoms. The van der Waals surface area contributed by atoms with E-state index in [1.165, 1.54) is 33.9 Å². The molecule has 0 atom stereocenters. The summed E-state index contributed by atoms with van der Waals surface area (Å²) in [4.78, 5) is 32.2. The number of hydrogen-bond acceptors (Lipinski definition) is 6. The summed E-state index contributed by atoms with van der Waals surface area (Å²) in [6.45, 7) is 1.01. The summed E-state index contributed by atoms with van der Waals surface area (Å²) in [7, 11) is 0. The normalized spacial score (nSPS) is 27.8. The molecular weight excluding hydrogens is 427 g/mol. The van der Waals surface area contributed by atoms with Gasteiger partial charge in [-0.25, -0.2) is 14.1 Å². The van der Waals surface area contributed by atoms with Gasteiger partial charge >= 0.3 is 0 Å². The van der Waals surface area contributed by atoms with Gasteiger partial charge < -0.3 is 15.7 Å². The van der Waals surface area contributed by atoms with Crippen molar-refractivity contribution < 1.29 is 14.3 Å². The zero-order valence-electron chi connectivity index (χ0n) is 18.1. The number of hydrogen-bond donors (Lipinski definition) is 2. The molecule has 0 unspecified atom stereocenters. The van der Waals surface area contributed by atoms with E-state index in [2.05, 4.69) is 10.1 Å². The van der Waals surface area contributed by atoms with Gasteiger partial charge in [0.2, 0.25) is 5.91 Å². The van der Waals surface area contributed by atoms with Gasteiger partial charge in [0.15, 0.2) is 5.65 Å². The molecule has 1 aromatic carbocycles. The molecule has 4 aliphatic rings. The Hall–Kier alpha value is -3.11. The van der Waals surface area contributed by atoms with E-state index in [0.29, 0.717) is 42.7 Å². The maximum atomic E-state index is 13.2. The Kier molecular flexibility index (Phi) is 4.16. The molecule has 0 radical (unpaired) electrons. The third-order valence-corrected chi connectivity index (χ3v) is 7.60. The van der Waals surface area contributed by atoms with Crippen molar-refractivity contribution >= 4 is 16.9 Å². The first-order chi connectivity index (χ1) is 15.7. The first-order valence-electron chi connectivity index (χ1n) is 11.2. The van der Waals surface area contributed by atoms with Crippen LogP contribution in [-0.2, 0) is 11.3 Å². The Balaban J connectivity index is 1.18. The molecule has 3 saturated carbocycles. The summed E-state index contributed by atoms with van der Waals surface area (Å²) in [6, 6.07) is 5.76. The third-order valence-electron chi connectivity index (χ3n) is 7.60. The number of aromatic nitrogens is 4. The molecule has 172 valence electrons. The zero-order chi connectivity index (χ0) is 23.0. The summed E-state index contributed by atoms with van der Waals surface area (Å²) >= 11 is 0. The van der Waals surface area contributed by atoms with Gasteiger partial charge in [0.1, 0.15) is 17.5 Å². The highest BCUT2D eigenvalue weighted by atomic mass is 19.1. The Morgan fingerprint density at radius 2 is 1.82 bits per heavy atom. The Morgan fingerprint density at radius 3 is 2.45 bits per heavy atom. The van der Waals surface area contributed by atoms with E-state index in [4.69, 9.17) is 5.73 Å². The fourth-order valence-electron chi connectivity index (χ4n) is 5.86. The average Bonchev–Trinajstić information content (AvgIpc) is 3.18. The monoisotopic (exact) mass is 452 g/mol. The van der Waals surface area contributed by atoms with Crippen LogP contribution < -0.4 is 11.3 Å². The van der Waals surface area contributed by atoms with Crippen LogP contribution in [0.5, 0.6) is 0 Å².